The van der Waals surface area contributed by atoms with E-state index in [0.717, 1.165) is 12.0 Å². The van der Waals surface area contributed by atoms with Crippen LogP contribution >= 0.6 is 0 Å². The fraction of sp³-hybridized carbons (Fsp3) is 0.400. The van der Waals surface area contributed by atoms with E-state index in [4.69, 9.17) is 0 Å². The Morgan fingerprint density at radius 1 is 1.20 bits per heavy atom. The van der Waals surface area contributed by atoms with Crippen molar-refractivity contribution < 1.29 is 19.5 Å². The summed E-state index contributed by atoms with van der Waals surface area (Å²) >= 11 is 0. The minimum atomic E-state index is -0.930. The van der Waals surface area contributed by atoms with Gasteiger partial charge in [-0.1, -0.05) is 76.8 Å². The van der Waals surface area contributed by atoms with E-state index >= 15 is 0 Å². The van der Waals surface area contributed by atoms with Gasteiger partial charge in [0.1, 0.15) is 0 Å². The predicted molar refractivity (Wildman–Crippen MR) is 118 cm³/mol. The highest BCUT2D eigenvalue weighted by Crippen LogP contribution is 2.30. The van der Waals surface area contributed by atoms with Gasteiger partial charge in [0.2, 0.25) is 0 Å². The summed E-state index contributed by atoms with van der Waals surface area (Å²) in [4.78, 5) is 38.6. The molecule has 1 aliphatic carbocycles. The van der Waals surface area contributed by atoms with Crippen molar-refractivity contribution in [2.75, 3.05) is 6.54 Å². The average molecular weight is 410 g/mol. The van der Waals surface area contributed by atoms with Gasteiger partial charge >= 0.3 is 5.97 Å². The second-order valence-corrected chi connectivity index (χ2v) is 8.27. The zero-order valence-electron chi connectivity index (χ0n) is 18.2. The Labute approximate surface area is 178 Å². The fourth-order valence-corrected chi connectivity index (χ4v) is 3.53. The number of carbonyl (C=O) groups excluding carboxylic acids is 2. The lowest BCUT2D eigenvalue weighted by molar-refractivity contribution is -0.141. The smallest absolute Gasteiger partial charge is 0.310 e. The van der Waals surface area contributed by atoms with Crippen molar-refractivity contribution in [3.8, 4) is 0 Å². The van der Waals surface area contributed by atoms with E-state index in [-0.39, 0.29) is 30.2 Å². The molecule has 2 aliphatic rings. The van der Waals surface area contributed by atoms with Crippen LogP contribution in [0.3, 0.4) is 0 Å². The van der Waals surface area contributed by atoms with Crippen LogP contribution in [0.5, 0.6) is 0 Å². The molecular formula is C25H31NO4. The number of hydrogen-bond acceptors (Lipinski definition) is 3. The van der Waals surface area contributed by atoms with E-state index < -0.39 is 11.9 Å². The highest BCUT2D eigenvalue weighted by Gasteiger charge is 2.37. The monoisotopic (exact) mass is 409 g/mol. The molecule has 0 aromatic heterocycles. The van der Waals surface area contributed by atoms with Crippen molar-refractivity contribution in [1.82, 2.24) is 4.90 Å². The van der Waals surface area contributed by atoms with Gasteiger partial charge in [0.15, 0.2) is 0 Å². The summed E-state index contributed by atoms with van der Waals surface area (Å²) in [5.74, 6) is -2.12. The van der Waals surface area contributed by atoms with Crippen LogP contribution in [-0.2, 0) is 14.4 Å². The van der Waals surface area contributed by atoms with E-state index in [1.165, 1.54) is 4.90 Å². The third-order valence-electron chi connectivity index (χ3n) is 5.35. The molecule has 0 aromatic carbocycles. The molecule has 0 fully saturated rings. The van der Waals surface area contributed by atoms with E-state index in [0.29, 0.717) is 23.1 Å². The van der Waals surface area contributed by atoms with Crippen molar-refractivity contribution in [3.63, 3.8) is 0 Å². The number of carboxylic acid groups (broad SMARTS) is 1. The standard InChI is InChI=1S/C25H31NO4/c1-6-9-19(16(2)3)13-12-18(14-22(17(4)5)25(29)30)15-26-23(27)20-10-7-8-11-21(20)24(26)28/h6-7,9-10,12-14,16-17,22H,1,8,11,15H2,2-5H3,(H,29,30)/b13-12+,18-14+,19-9-/t22-/m0/s1. The number of rotatable bonds is 9. The van der Waals surface area contributed by atoms with Crippen LogP contribution in [-0.4, -0.2) is 34.3 Å². The number of allylic oxidation sites excluding steroid dienone is 5. The Morgan fingerprint density at radius 3 is 2.43 bits per heavy atom. The first kappa shape index (κ1) is 23.3. The van der Waals surface area contributed by atoms with Gasteiger partial charge in [-0.2, -0.15) is 0 Å². The Balaban J connectivity index is 2.39. The molecule has 1 aliphatic heterocycles. The molecule has 0 saturated heterocycles. The van der Waals surface area contributed by atoms with Crippen LogP contribution in [0, 0.1) is 17.8 Å². The first-order valence-electron chi connectivity index (χ1n) is 10.4. The minimum absolute atomic E-state index is 0.0466. The summed E-state index contributed by atoms with van der Waals surface area (Å²) in [6.07, 6.45) is 13.9. The van der Waals surface area contributed by atoms with Gasteiger partial charge in [-0.15, -0.1) is 0 Å². The van der Waals surface area contributed by atoms with Gasteiger partial charge in [-0.05, 0) is 35.8 Å². The van der Waals surface area contributed by atoms with Gasteiger partial charge in [-0.3, -0.25) is 19.3 Å². The summed E-state index contributed by atoms with van der Waals surface area (Å²) in [5.41, 5.74) is 2.66. The highest BCUT2D eigenvalue weighted by atomic mass is 16.4. The first-order chi connectivity index (χ1) is 14.2. The Kier molecular flexibility index (Phi) is 7.93. The fourth-order valence-electron chi connectivity index (χ4n) is 3.53. The predicted octanol–water partition coefficient (Wildman–Crippen LogP) is 4.61. The number of imide groups is 1. The van der Waals surface area contributed by atoms with Crippen LogP contribution in [0.4, 0.5) is 0 Å². The molecule has 1 atom stereocenters. The maximum atomic E-state index is 12.8. The molecular weight excluding hydrogens is 378 g/mol. The Bertz CT molecular complexity index is 881. The van der Waals surface area contributed by atoms with Gasteiger partial charge in [-0.25, -0.2) is 0 Å². The highest BCUT2D eigenvalue weighted by molar-refractivity contribution is 6.21. The van der Waals surface area contributed by atoms with Gasteiger partial charge in [0.05, 0.1) is 12.5 Å². The average Bonchev–Trinajstić information content (AvgIpc) is 2.93. The second-order valence-electron chi connectivity index (χ2n) is 8.27. The molecule has 2 rings (SSSR count). The SMILES string of the molecule is C=C/C=C(/C=C/C(=C\[C@H](C(=O)O)C(C)C)CN1C(=O)C2=C(CCC=C2)C1=O)C(C)C. The van der Waals surface area contributed by atoms with E-state index in [9.17, 15) is 19.5 Å². The van der Waals surface area contributed by atoms with Crippen LogP contribution in [0.15, 0.2) is 71.4 Å². The maximum absolute atomic E-state index is 12.8. The molecule has 30 heavy (non-hydrogen) atoms. The van der Waals surface area contributed by atoms with Crippen LogP contribution in [0.25, 0.3) is 0 Å². The normalized spacial score (nSPS) is 18.8. The lowest BCUT2D eigenvalue weighted by Crippen LogP contribution is -2.33. The molecule has 0 unspecified atom stereocenters. The number of amides is 2. The first-order valence-corrected chi connectivity index (χ1v) is 10.4. The van der Waals surface area contributed by atoms with Crippen molar-refractivity contribution >= 4 is 17.8 Å². The molecule has 0 saturated carbocycles. The van der Waals surface area contributed by atoms with Crippen LogP contribution in [0.2, 0.25) is 0 Å². The summed E-state index contributed by atoms with van der Waals surface area (Å²) in [6.45, 7) is 11.6. The molecule has 5 heteroatoms. The lowest BCUT2D eigenvalue weighted by atomic mass is 9.92. The molecule has 0 aromatic rings. The molecule has 0 bridgehead atoms. The van der Waals surface area contributed by atoms with Gasteiger partial charge in [0, 0.05) is 11.1 Å². The summed E-state index contributed by atoms with van der Waals surface area (Å²) in [5, 5.41) is 9.62. The van der Waals surface area contributed by atoms with Crippen molar-refractivity contribution in [2.45, 2.75) is 40.5 Å². The molecule has 2 amide bonds. The lowest BCUT2D eigenvalue weighted by Gasteiger charge is -2.19. The maximum Gasteiger partial charge on any atom is 0.310 e. The molecule has 160 valence electrons. The number of carbonyl (C=O) groups is 3. The minimum Gasteiger partial charge on any atom is -0.481 e. The number of hydrogen-bond donors (Lipinski definition) is 1. The molecule has 1 N–H and O–H groups in total. The second kappa shape index (κ2) is 10.2. The summed E-state index contributed by atoms with van der Waals surface area (Å²) < 4.78 is 0. The van der Waals surface area contributed by atoms with E-state index in [1.54, 1.807) is 24.3 Å². The number of aliphatic carboxylic acids is 1. The Hall–Kier alpha value is -2.95. The third-order valence-corrected chi connectivity index (χ3v) is 5.35. The molecule has 0 spiro atoms. The molecule has 5 nitrogen and oxygen atoms in total. The zero-order valence-corrected chi connectivity index (χ0v) is 18.2. The zero-order chi connectivity index (χ0) is 22.4. The molecule has 0 radical (unpaired) electrons. The summed E-state index contributed by atoms with van der Waals surface area (Å²) in [6, 6.07) is 0. The van der Waals surface area contributed by atoms with Crippen molar-refractivity contribution in [1.29, 1.82) is 0 Å². The van der Waals surface area contributed by atoms with E-state index in [2.05, 4.69) is 20.4 Å². The van der Waals surface area contributed by atoms with Crippen LogP contribution in [0.1, 0.15) is 40.5 Å². The van der Waals surface area contributed by atoms with Gasteiger partial charge in [0.25, 0.3) is 11.8 Å². The van der Waals surface area contributed by atoms with E-state index in [1.807, 2.05) is 32.1 Å². The van der Waals surface area contributed by atoms with Gasteiger partial charge < -0.3 is 5.11 Å². The Morgan fingerprint density at radius 2 is 1.90 bits per heavy atom. The summed E-state index contributed by atoms with van der Waals surface area (Å²) in [7, 11) is 0. The number of nitrogens with zero attached hydrogens (tertiary/aromatic N) is 1. The van der Waals surface area contributed by atoms with Crippen molar-refractivity contribution in [3.05, 3.63) is 71.4 Å². The quantitative estimate of drug-likeness (QED) is 0.446. The van der Waals surface area contributed by atoms with Crippen molar-refractivity contribution in [2.24, 2.45) is 17.8 Å². The molecule has 1 heterocycles. The number of carboxylic acids is 1. The third kappa shape index (κ3) is 5.35. The van der Waals surface area contributed by atoms with Crippen LogP contribution < -0.4 is 0 Å². The largest absolute Gasteiger partial charge is 0.481 e. The topological polar surface area (TPSA) is 74.7 Å².